The number of hydrogen-bond donors (Lipinski definition) is 0. The van der Waals surface area contributed by atoms with E-state index in [0.29, 0.717) is 12.5 Å². The van der Waals surface area contributed by atoms with E-state index in [0.717, 1.165) is 6.42 Å². The van der Waals surface area contributed by atoms with Crippen molar-refractivity contribution >= 4 is 11.9 Å². The van der Waals surface area contributed by atoms with E-state index in [9.17, 15) is 9.59 Å². The Morgan fingerprint density at radius 3 is 2.25 bits per heavy atom. The normalized spacial score (nSPS) is 11.4. The van der Waals surface area contributed by atoms with Gasteiger partial charge in [-0.3, -0.25) is 4.79 Å². The molecule has 0 amide bonds. The van der Waals surface area contributed by atoms with Crippen LogP contribution in [-0.2, 0) is 19.1 Å². The lowest BCUT2D eigenvalue weighted by Crippen LogP contribution is -2.38. The van der Waals surface area contributed by atoms with Gasteiger partial charge in [-0.25, -0.2) is 4.79 Å². The third-order valence-corrected chi connectivity index (χ3v) is 2.08. The predicted octanol–water partition coefficient (Wildman–Crippen LogP) is 2.31. The summed E-state index contributed by atoms with van der Waals surface area (Å²) in [6.45, 7) is 9.23. The highest BCUT2D eigenvalue weighted by atomic mass is 16.6. The molecule has 4 nitrogen and oxygen atoms in total. The first-order valence-corrected chi connectivity index (χ1v) is 5.68. The van der Waals surface area contributed by atoms with E-state index >= 15 is 0 Å². The molecule has 0 aliphatic heterocycles. The molecular weight excluding hydrogens is 208 g/mol. The van der Waals surface area contributed by atoms with Crippen LogP contribution in [0.25, 0.3) is 0 Å². The number of carbonyl (C=O) groups is 2. The average Bonchev–Trinajstić information content (AvgIpc) is 2.16. The molecule has 0 aliphatic carbocycles. The first-order valence-electron chi connectivity index (χ1n) is 5.68. The molecule has 0 saturated carbocycles. The molecule has 0 aromatic rings. The second-order valence-corrected chi connectivity index (χ2v) is 4.66. The second-order valence-electron chi connectivity index (χ2n) is 4.66. The van der Waals surface area contributed by atoms with Gasteiger partial charge in [0, 0.05) is 6.42 Å². The molecule has 0 unspecified atom stereocenters. The van der Waals surface area contributed by atoms with Gasteiger partial charge >= 0.3 is 11.9 Å². The zero-order chi connectivity index (χ0) is 12.8. The van der Waals surface area contributed by atoms with Crippen molar-refractivity contribution in [3.63, 3.8) is 0 Å². The smallest absolute Gasteiger partial charge is 0.350 e. The van der Waals surface area contributed by atoms with Crippen LogP contribution in [0.2, 0.25) is 0 Å². The Labute approximate surface area is 97.3 Å². The van der Waals surface area contributed by atoms with Crippen LogP contribution in [0.15, 0.2) is 0 Å². The van der Waals surface area contributed by atoms with Crippen molar-refractivity contribution in [2.45, 2.75) is 53.1 Å². The summed E-state index contributed by atoms with van der Waals surface area (Å²) < 4.78 is 10.0. The van der Waals surface area contributed by atoms with Crippen molar-refractivity contribution in [1.82, 2.24) is 0 Å². The molecule has 4 heteroatoms. The average molecular weight is 230 g/mol. The Balaban J connectivity index is 4.09. The minimum atomic E-state index is -1.19. The lowest BCUT2D eigenvalue weighted by molar-refractivity contribution is -0.178. The van der Waals surface area contributed by atoms with Crippen molar-refractivity contribution in [2.24, 2.45) is 5.92 Å². The van der Waals surface area contributed by atoms with Crippen LogP contribution in [0.4, 0.5) is 0 Å². The van der Waals surface area contributed by atoms with E-state index < -0.39 is 17.5 Å². The molecule has 0 aromatic heterocycles. The van der Waals surface area contributed by atoms with Crippen molar-refractivity contribution in [3.8, 4) is 0 Å². The van der Waals surface area contributed by atoms with Gasteiger partial charge in [0.05, 0.1) is 6.61 Å². The Bertz CT molecular complexity index is 243. The molecule has 0 fully saturated rings. The van der Waals surface area contributed by atoms with Crippen LogP contribution < -0.4 is 0 Å². The highest BCUT2D eigenvalue weighted by molar-refractivity contribution is 5.82. The van der Waals surface area contributed by atoms with Gasteiger partial charge in [-0.05, 0) is 26.2 Å². The van der Waals surface area contributed by atoms with E-state index in [4.69, 9.17) is 9.47 Å². The highest BCUT2D eigenvalue weighted by Gasteiger charge is 2.33. The van der Waals surface area contributed by atoms with E-state index in [1.807, 2.05) is 0 Å². The van der Waals surface area contributed by atoms with Gasteiger partial charge in [0.2, 0.25) is 5.60 Å². The highest BCUT2D eigenvalue weighted by Crippen LogP contribution is 2.13. The number of rotatable bonds is 6. The molecule has 0 aromatic carbocycles. The number of ether oxygens (including phenoxy) is 2. The predicted molar refractivity (Wildman–Crippen MR) is 60.9 cm³/mol. The molecular formula is C12H22O4. The van der Waals surface area contributed by atoms with Crippen LogP contribution in [-0.4, -0.2) is 24.1 Å². The van der Waals surface area contributed by atoms with Crippen molar-refractivity contribution in [1.29, 1.82) is 0 Å². The van der Waals surface area contributed by atoms with Crippen molar-refractivity contribution < 1.29 is 19.1 Å². The molecule has 0 saturated heterocycles. The van der Waals surface area contributed by atoms with Gasteiger partial charge < -0.3 is 9.47 Å². The number of esters is 2. The quantitative estimate of drug-likeness (QED) is 0.657. The van der Waals surface area contributed by atoms with Crippen LogP contribution in [0.5, 0.6) is 0 Å². The van der Waals surface area contributed by atoms with Crippen LogP contribution in [0.1, 0.15) is 47.5 Å². The molecule has 0 aliphatic rings. The summed E-state index contributed by atoms with van der Waals surface area (Å²) in [5, 5.41) is 0. The van der Waals surface area contributed by atoms with Gasteiger partial charge in [0.25, 0.3) is 0 Å². The lowest BCUT2D eigenvalue weighted by Gasteiger charge is -2.22. The standard InChI is InChI=1S/C12H22O4/c1-6-10(13)16-12(4,5)11(14)15-8-7-9(2)3/h9H,6-8H2,1-5H3. The Hall–Kier alpha value is -1.06. The van der Waals surface area contributed by atoms with Gasteiger partial charge in [-0.1, -0.05) is 20.8 Å². The molecule has 0 radical (unpaired) electrons. The number of carbonyl (C=O) groups excluding carboxylic acids is 2. The fourth-order valence-corrected chi connectivity index (χ4v) is 0.960. The summed E-state index contributed by atoms with van der Waals surface area (Å²) in [6, 6.07) is 0. The van der Waals surface area contributed by atoms with E-state index in [1.54, 1.807) is 6.92 Å². The van der Waals surface area contributed by atoms with Crippen LogP contribution in [0.3, 0.4) is 0 Å². The summed E-state index contributed by atoms with van der Waals surface area (Å²) in [6.07, 6.45) is 1.06. The summed E-state index contributed by atoms with van der Waals surface area (Å²) in [5.74, 6) is -0.408. The molecule has 94 valence electrons. The maximum Gasteiger partial charge on any atom is 0.350 e. The Morgan fingerprint density at radius 1 is 1.25 bits per heavy atom. The van der Waals surface area contributed by atoms with Crippen molar-refractivity contribution in [2.75, 3.05) is 6.61 Å². The molecule has 0 rings (SSSR count). The summed E-state index contributed by atoms with van der Waals surface area (Å²) in [5.41, 5.74) is -1.19. The van der Waals surface area contributed by atoms with Gasteiger partial charge in [0.15, 0.2) is 0 Å². The van der Waals surface area contributed by atoms with E-state index in [-0.39, 0.29) is 6.42 Å². The van der Waals surface area contributed by atoms with Gasteiger partial charge in [-0.15, -0.1) is 0 Å². The maximum absolute atomic E-state index is 11.6. The topological polar surface area (TPSA) is 52.6 Å². The molecule has 16 heavy (non-hydrogen) atoms. The van der Waals surface area contributed by atoms with E-state index in [2.05, 4.69) is 13.8 Å². The first-order chi connectivity index (χ1) is 7.29. The minimum Gasteiger partial charge on any atom is -0.463 e. The SMILES string of the molecule is CCC(=O)OC(C)(C)C(=O)OCCC(C)C. The summed E-state index contributed by atoms with van der Waals surface area (Å²) >= 11 is 0. The number of hydrogen-bond acceptors (Lipinski definition) is 4. The molecule has 0 spiro atoms. The molecule has 0 heterocycles. The summed E-state index contributed by atoms with van der Waals surface area (Å²) in [4.78, 5) is 22.7. The zero-order valence-corrected chi connectivity index (χ0v) is 10.8. The fraction of sp³-hybridized carbons (Fsp3) is 0.833. The molecule has 0 bridgehead atoms. The van der Waals surface area contributed by atoms with Crippen LogP contribution >= 0.6 is 0 Å². The largest absolute Gasteiger partial charge is 0.463 e. The first kappa shape index (κ1) is 14.9. The Kier molecular flexibility index (Phi) is 6.08. The molecule has 0 atom stereocenters. The van der Waals surface area contributed by atoms with Gasteiger partial charge in [0.1, 0.15) is 0 Å². The monoisotopic (exact) mass is 230 g/mol. The van der Waals surface area contributed by atoms with Crippen molar-refractivity contribution in [3.05, 3.63) is 0 Å². The van der Waals surface area contributed by atoms with Gasteiger partial charge in [-0.2, -0.15) is 0 Å². The van der Waals surface area contributed by atoms with Crippen LogP contribution in [0, 0.1) is 5.92 Å². The minimum absolute atomic E-state index is 0.253. The maximum atomic E-state index is 11.6. The summed E-state index contributed by atoms with van der Waals surface area (Å²) in [7, 11) is 0. The third-order valence-electron chi connectivity index (χ3n) is 2.08. The van der Waals surface area contributed by atoms with E-state index in [1.165, 1.54) is 13.8 Å². The third kappa shape index (κ3) is 5.73. The molecule has 0 N–H and O–H groups in total. The Morgan fingerprint density at radius 2 is 1.81 bits per heavy atom. The fourth-order valence-electron chi connectivity index (χ4n) is 0.960. The lowest BCUT2D eigenvalue weighted by atomic mass is 10.1. The second kappa shape index (κ2) is 6.51. The zero-order valence-electron chi connectivity index (χ0n) is 10.8.